The zero-order valence-electron chi connectivity index (χ0n) is 29.1. The maximum atomic E-state index is 13.1. The molecule has 0 N–H and O–H groups in total. The summed E-state index contributed by atoms with van der Waals surface area (Å²) in [5.74, 6) is -1.79. The highest BCUT2D eigenvalue weighted by atomic mass is 35.5. The molecule has 0 amide bonds. The van der Waals surface area contributed by atoms with Gasteiger partial charge >= 0.3 is 27.6 Å². The van der Waals surface area contributed by atoms with Crippen molar-refractivity contribution in [2.24, 2.45) is 0 Å². The molecule has 2 aliphatic carbocycles. The zero-order valence-corrected chi connectivity index (χ0v) is 32.9. The first-order valence-corrected chi connectivity index (χ1v) is 19.5. The zero-order chi connectivity index (χ0) is 40.2. The lowest BCUT2D eigenvalue weighted by Crippen LogP contribution is -2.25. The first-order valence-electron chi connectivity index (χ1n) is 16.6. The Balaban J connectivity index is 0.000000218. The Hall–Kier alpha value is -4.07. The van der Waals surface area contributed by atoms with E-state index in [-0.39, 0.29) is 39.8 Å². The molecule has 0 radical (unpaired) electrons. The second-order valence-corrected chi connectivity index (χ2v) is 15.7. The van der Waals surface area contributed by atoms with Crippen LogP contribution in [0.4, 0.5) is 13.2 Å². The molecular weight excluding hydrogens is 827 g/mol. The van der Waals surface area contributed by atoms with Crippen LogP contribution in [0, 0.1) is 0 Å². The van der Waals surface area contributed by atoms with Gasteiger partial charge in [-0.05, 0) is 104 Å². The van der Waals surface area contributed by atoms with Crippen LogP contribution in [0.3, 0.4) is 0 Å². The van der Waals surface area contributed by atoms with Gasteiger partial charge in [-0.2, -0.15) is 21.6 Å². The molecule has 16 heteroatoms. The Bertz CT molecular complexity index is 2310. The molecule has 0 spiro atoms. The van der Waals surface area contributed by atoms with Gasteiger partial charge < -0.3 is 13.7 Å². The van der Waals surface area contributed by atoms with Gasteiger partial charge in [0.1, 0.15) is 0 Å². The lowest BCUT2D eigenvalue weighted by molar-refractivity contribution is -0.0509. The highest BCUT2D eigenvalue weighted by Crippen LogP contribution is 2.42. The van der Waals surface area contributed by atoms with E-state index in [9.17, 15) is 36.0 Å². The molecule has 0 saturated heterocycles. The standard InChI is InChI=1S/C20H15Cl2F3O5S.C19H16Cl2O3/c1-29-19(26)12-5-7-14-11(9-12)3-2-4-16(15-8-6-13(21)10-17(15)22)18(14)30-31(27,28)20(23,24)25;1-24-19(23)12-5-7-14-11(9-12)3-2-4-16(18(14)22)15-8-6-13(20)10-17(15)21/h5-10H,2-4H2,1H3;5-10,16H,2-4H2,1H3. The normalized spacial score (nSPS) is 15.7. The topological polar surface area (TPSA) is 113 Å². The molecule has 1 atom stereocenters. The number of aryl methyl sites for hydroxylation is 2. The molecular formula is C39H31Cl4F3O8S. The lowest BCUT2D eigenvalue weighted by Gasteiger charge is -2.18. The molecule has 55 heavy (non-hydrogen) atoms. The average molecular weight is 859 g/mol. The molecule has 1 unspecified atom stereocenters. The monoisotopic (exact) mass is 856 g/mol. The van der Waals surface area contributed by atoms with Crippen molar-refractivity contribution in [1.82, 2.24) is 0 Å². The summed E-state index contributed by atoms with van der Waals surface area (Å²) in [6.07, 6.45) is 3.26. The Labute approximate surface area is 335 Å². The van der Waals surface area contributed by atoms with Gasteiger partial charge in [0.15, 0.2) is 11.5 Å². The van der Waals surface area contributed by atoms with Crippen LogP contribution in [0.1, 0.15) is 90.5 Å². The summed E-state index contributed by atoms with van der Waals surface area (Å²) in [4.78, 5) is 36.6. The number of hydrogen-bond donors (Lipinski definition) is 0. The average Bonchev–Trinajstić information content (AvgIpc) is 3.41. The Morgan fingerprint density at radius 1 is 0.691 bits per heavy atom. The molecule has 0 heterocycles. The van der Waals surface area contributed by atoms with Crippen molar-refractivity contribution < 1.29 is 49.6 Å². The molecule has 0 aliphatic heterocycles. The third-order valence-electron chi connectivity index (χ3n) is 9.04. The van der Waals surface area contributed by atoms with Crippen molar-refractivity contribution in [3.63, 3.8) is 0 Å². The highest BCUT2D eigenvalue weighted by Gasteiger charge is 2.49. The number of Topliss-reactive ketones (excluding diaryl/α,β-unsaturated/α-hetero) is 1. The number of methoxy groups -OCH3 is 2. The van der Waals surface area contributed by atoms with E-state index in [1.807, 2.05) is 6.07 Å². The molecule has 0 saturated carbocycles. The number of alkyl halides is 3. The van der Waals surface area contributed by atoms with Crippen LogP contribution in [0.25, 0.3) is 11.3 Å². The summed E-state index contributed by atoms with van der Waals surface area (Å²) in [7, 11) is -3.43. The molecule has 0 bridgehead atoms. The highest BCUT2D eigenvalue weighted by molar-refractivity contribution is 7.87. The van der Waals surface area contributed by atoms with Crippen LogP contribution in [0.15, 0.2) is 72.8 Å². The van der Waals surface area contributed by atoms with Gasteiger partial charge in [0.25, 0.3) is 0 Å². The van der Waals surface area contributed by atoms with E-state index in [2.05, 4.69) is 8.92 Å². The van der Waals surface area contributed by atoms with E-state index < -0.39 is 33.3 Å². The van der Waals surface area contributed by atoms with Crippen LogP contribution in [0.5, 0.6) is 0 Å². The van der Waals surface area contributed by atoms with E-state index in [0.29, 0.717) is 56.6 Å². The van der Waals surface area contributed by atoms with E-state index >= 15 is 0 Å². The number of halogens is 7. The predicted molar refractivity (Wildman–Crippen MR) is 204 cm³/mol. The predicted octanol–water partition coefficient (Wildman–Crippen LogP) is 10.9. The second kappa shape index (κ2) is 17.4. The molecule has 4 aromatic carbocycles. The van der Waals surface area contributed by atoms with E-state index in [4.69, 9.17) is 51.1 Å². The van der Waals surface area contributed by atoms with Crippen LogP contribution in [-0.4, -0.2) is 45.9 Å². The number of fused-ring (bicyclic) bond motifs is 2. The molecule has 2 aliphatic rings. The van der Waals surface area contributed by atoms with E-state index in [0.717, 1.165) is 24.0 Å². The summed E-state index contributed by atoms with van der Waals surface area (Å²) in [6, 6.07) is 18.8. The number of ketones is 1. The Morgan fingerprint density at radius 2 is 1.22 bits per heavy atom. The van der Waals surface area contributed by atoms with Gasteiger partial charge in [-0.25, -0.2) is 9.59 Å². The van der Waals surface area contributed by atoms with Gasteiger partial charge in [-0.1, -0.05) is 70.7 Å². The lowest BCUT2D eigenvalue weighted by atomic mass is 9.88. The van der Waals surface area contributed by atoms with Crippen molar-refractivity contribution in [3.05, 3.63) is 137 Å². The summed E-state index contributed by atoms with van der Waals surface area (Å²) in [6.45, 7) is 0. The van der Waals surface area contributed by atoms with Crippen LogP contribution < -0.4 is 0 Å². The van der Waals surface area contributed by atoms with Crippen LogP contribution in [-0.2, 0) is 36.6 Å². The number of carbonyl (C=O) groups excluding carboxylic acids is 3. The molecule has 8 nitrogen and oxygen atoms in total. The molecule has 0 fully saturated rings. The third-order valence-corrected chi connectivity index (χ3v) is 11.1. The Kier molecular flexibility index (Phi) is 13.3. The van der Waals surface area contributed by atoms with Crippen LogP contribution >= 0.6 is 46.4 Å². The minimum Gasteiger partial charge on any atom is -0.465 e. The first kappa shape index (κ1) is 42.1. The summed E-state index contributed by atoms with van der Waals surface area (Å²) >= 11 is 24.4. The summed E-state index contributed by atoms with van der Waals surface area (Å²) in [5, 5.41) is 1.49. The summed E-state index contributed by atoms with van der Waals surface area (Å²) < 4.78 is 77.1. The number of hydrogen-bond acceptors (Lipinski definition) is 8. The fourth-order valence-electron chi connectivity index (χ4n) is 6.42. The quantitative estimate of drug-likeness (QED) is 0.0815. The van der Waals surface area contributed by atoms with Crippen molar-refractivity contribution in [1.29, 1.82) is 0 Å². The van der Waals surface area contributed by atoms with Gasteiger partial charge in [0.05, 0.1) is 25.3 Å². The molecule has 290 valence electrons. The third kappa shape index (κ3) is 9.49. The van der Waals surface area contributed by atoms with Crippen molar-refractivity contribution in [2.45, 2.75) is 50.0 Å². The van der Waals surface area contributed by atoms with E-state index in [1.165, 1.54) is 50.6 Å². The van der Waals surface area contributed by atoms with E-state index in [1.54, 1.807) is 30.3 Å². The van der Waals surface area contributed by atoms with Gasteiger partial charge in [-0.3, -0.25) is 4.79 Å². The largest absolute Gasteiger partial charge is 0.534 e. The number of rotatable bonds is 6. The molecule has 0 aromatic heterocycles. The van der Waals surface area contributed by atoms with Crippen molar-refractivity contribution in [3.8, 4) is 0 Å². The number of benzene rings is 4. The molecule has 4 aromatic rings. The van der Waals surface area contributed by atoms with Crippen LogP contribution in [0.2, 0.25) is 20.1 Å². The van der Waals surface area contributed by atoms with Crippen molar-refractivity contribution in [2.75, 3.05) is 14.2 Å². The number of esters is 2. The molecule has 6 rings (SSSR count). The smallest absolute Gasteiger partial charge is 0.465 e. The number of carbonyl (C=O) groups is 3. The SMILES string of the molecule is COC(=O)c1ccc2c(c1)CCCC(c1ccc(Cl)cc1Cl)=C2OS(=O)(=O)C(F)(F)F.COC(=O)c1ccc2c(c1)CCCC(c1ccc(Cl)cc1Cl)C2=O. The van der Waals surface area contributed by atoms with Gasteiger partial charge in [0, 0.05) is 48.3 Å². The first-order chi connectivity index (χ1) is 25.9. The summed E-state index contributed by atoms with van der Waals surface area (Å²) in [5.41, 5.74) is -1.63. The Morgan fingerprint density at radius 3 is 1.78 bits per heavy atom. The van der Waals surface area contributed by atoms with Crippen molar-refractivity contribution >= 4 is 85.6 Å². The minimum atomic E-state index is -5.97. The minimum absolute atomic E-state index is 0.0307. The van der Waals surface area contributed by atoms with Gasteiger partial charge in [0.2, 0.25) is 0 Å². The fourth-order valence-corrected chi connectivity index (χ4v) is 7.99. The number of ether oxygens (including phenoxy) is 2. The van der Waals surface area contributed by atoms with Gasteiger partial charge in [-0.15, -0.1) is 0 Å². The second-order valence-electron chi connectivity index (χ2n) is 12.5. The maximum Gasteiger partial charge on any atom is 0.534 e. The maximum absolute atomic E-state index is 13.1. The fraction of sp³-hybridized carbons (Fsp3) is 0.256. The number of allylic oxidation sites excluding steroid dienone is 1.